The fourth-order valence-corrected chi connectivity index (χ4v) is 3.01. The molecule has 0 aromatic carbocycles. The summed E-state index contributed by atoms with van der Waals surface area (Å²) in [5.41, 5.74) is 0. The maximum absolute atomic E-state index is 5.72. The molecule has 0 radical (unpaired) electrons. The van der Waals surface area contributed by atoms with Crippen molar-refractivity contribution >= 4 is 41.3 Å². The SMILES string of the molecule is CN=C(NCCc1ncc(C)s1)NCC1CN(C)CCO1.I. The molecule has 1 atom stereocenters. The molecule has 8 heteroatoms. The van der Waals surface area contributed by atoms with Gasteiger partial charge in [-0.25, -0.2) is 4.98 Å². The number of halogens is 1. The van der Waals surface area contributed by atoms with Crippen molar-refractivity contribution in [3.63, 3.8) is 0 Å². The fraction of sp³-hybridized carbons (Fsp3) is 0.714. The molecule has 1 aromatic rings. The summed E-state index contributed by atoms with van der Waals surface area (Å²) in [6, 6.07) is 0. The van der Waals surface area contributed by atoms with Crippen LogP contribution in [0, 0.1) is 6.92 Å². The molecule has 0 saturated carbocycles. The molecular weight excluding hydrogens is 413 g/mol. The molecule has 0 spiro atoms. The predicted octanol–water partition coefficient (Wildman–Crippen LogP) is 1.11. The van der Waals surface area contributed by atoms with Crippen LogP contribution in [0.2, 0.25) is 0 Å². The molecule has 1 aliphatic rings. The third-order valence-electron chi connectivity index (χ3n) is 3.36. The first kappa shape index (κ1) is 19.6. The number of hydrogen-bond acceptors (Lipinski definition) is 5. The number of rotatable bonds is 5. The van der Waals surface area contributed by atoms with Crippen LogP contribution in [0.5, 0.6) is 0 Å². The van der Waals surface area contributed by atoms with Gasteiger partial charge in [0.1, 0.15) is 0 Å². The van der Waals surface area contributed by atoms with Gasteiger partial charge in [-0.15, -0.1) is 35.3 Å². The van der Waals surface area contributed by atoms with Gasteiger partial charge < -0.3 is 20.3 Å². The van der Waals surface area contributed by atoms with E-state index < -0.39 is 0 Å². The summed E-state index contributed by atoms with van der Waals surface area (Å²) in [7, 11) is 3.91. The normalized spacial score (nSPS) is 19.6. The van der Waals surface area contributed by atoms with Crippen molar-refractivity contribution in [2.45, 2.75) is 19.4 Å². The van der Waals surface area contributed by atoms with Crippen molar-refractivity contribution in [3.8, 4) is 0 Å². The number of aliphatic imine (C=N–C) groups is 1. The van der Waals surface area contributed by atoms with Crippen LogP contribution in [0.4, 0.5) is 0 Å². The molecule has 126 valence electrons. The summed E-state index contributed by atoms with van der Waals surface area (Å²) in [4.78, 5) is 12.1. The molecule has 1 saturated heterocycles. The number of guanidine groups is 1. The molecule has 1 fully saturated rings. The van der Waals surface area contributed by atoms with Crippen molar-refractivity contribution in [1.82, 2.24) is 20.5 Å². The quantitative estimate of drug-likeness (QED) is 0.409. The van der Waals surface area contributed by atoms with E-state index in [0.717, 1.165) is 50.2 Å². The molecule has 1 aromatic heterocycles. The second kappa shape index (κ2) is 10.3. The molecule has 1 aliphatic heterocycles. The van der Waals surface area contributed by atoms with Crippen molar-refractivity contribution in [2.24, 2.45) is 4.99 Å². The van der Waals surface area contributed by atoms with Crippen LogP contribution in [0.3, 0.4) is 0 Å². The van der Waals surface area contributed by atoms with E-state index >= 15 is 0 Å². The Morgan fingerprint density at radius 3 is 3.00 bits per heavy atom. The molecule has 0 bridgehead atoms. The second-order valence-electron chi connectivity index (χ2n) is 5.25. The topological polar surface area (TPSA) is 61.8 Å². The van der Waals surface area contributed by atoms with E-state index in [-0.39, 0.29) is 30.1 Å². The Hall–Kier alpha value is -0.450. The molecule has 6 nitrogen and oxygen atoms in total. The molecule has 2 N–H and O–H groups in total. The van der Waals surface area contributed by atoms with E-state index in [9.17, 15) is 0 Å². The van der Waals surface area contributed by atoms with Gasteiger partial charge in [-0.1, -0.05) is 0 Å². The molecule has 1 unspecified atom stereocenters. The van der Waals surface area contributed by atoms with Gasteiger partial charge in [-0.3, -0.25) is 4.99 Å². The zero-order chi connectivity index (χ0) is 15.1. The average molecular weight is 439 g/mol. The number of ether oxygens (including phenoxy) is 1. The maximum atomic E-state index is 5.72. The van der Waals surface area contributed by atoms with Gasteiger partial charge in [0, 0.05) is 50.7 Å². The Balaban J connectivity index is 0.00000242. The van der Waals surface area contributed by atoms with Gasteiger partial charge in [-0.05, 0) is 14.0 Å². The van der Waals surface area contributed by atoms with Gasteiger partial charge in [0.2, 0.25) is 0 Å². The van der Waals surface area contributed by atoms with Crippen LogP contribution in [0.1, 0.15) is 9.88 Å². The Bertz CT molecular complexity index is 468. The molecular formula is C14H26IN5OS. The van der Waals surface area contributed by atoms with E-state index in [4.69, 9.17) is 4.74 Å². The summed E-state index contributed by atoms with van der Waals surface area (Å²) in [6.45, 7) is 6.46. The van der Waals surface area contributed by atoms with Gasteiger partial charge >= 0.3 is 0 Å². The molecule has 0 aliphatic carbocycles. The minimum atomic E-state index is 0. The lowest BCUT2D eigenvalue weighted by atomic mass is 10.3. The van der Waals surface area contributed by atoms with E-state index in [2.05, 4.69) is 39.5 Å². The molecule has 2 heterocycles. The first-order chi connectivity index (χ1) is 10.2. The van der Waals surface area contributed by atoms with Gasteiger partial charge in [-0.2, -0.15) is 0 Å². The number of nitrogens with zero attached hydrogens (tertiary/aromatic N) is 3. The van der Waals surface area contributed by atoms with E-state index in [0.29, 0.717) is 0 Å². The lowest BCUT2D eigenvalue weighted by Crippen LogP contribution is -2.48. The standard InChI is InChI=1S/C14H25N5OS.HI/c1-11-8-17-13(21-11)4-5-16-14(15-2)18-9-12-10-19(3)6-7-20-12;/h8,12H,4-7,9-10H2,1-3H3,(H2,15,16,18);1H. The Morgan fingerprint density at radius 2 is 2.36 bits per heavy atom. The summed E-state index contributed by atoms with van der Waals surface area (Å²) in [5, 5.41) is 7.80. The van der Waals surface area contributed by atoms with Crippen molar-refractivity contribution in [2.75, 3.05) is 46.9 Å². The number of aryl methyl sites for hydroxylation is 1. The van der Waals surface area contributed by atoms with Crippen molar-refractivity contribution in [3.05, 3.63) is 16.1 Å². The first-order valence-corrected chi connectivity index (χ1v) is 8.15. The monoisotopic (exact) mass is 439 g/mol. The number of aromatic nitrogens is 1. The van der Waals surface area contributed by atoms with Crippen LogP contribution < -0.4 is 10.6 Å². The van der Waals surface area contributed by atoms with Gasteiger partial charge in [0.05, 0.1) is 17.7 Å². The number of likely N-dealkylation sites (N-methyl/N-ethyl adjacent to an activating group) is 1. The second-order valence-corrected chi connectivity index (χ2v) is 6.57. The highest BCUT2D eigenvalue weighted by Gasteiger charge is 2.17. The van der Waals surface area contributed by atoms with Crippen LogP contribution in [-0.2, 0) is 11.2 Å². The van der Waals surface area contributed by atoms with Crippen molar-refractivity contribution in [1.29, 1.82) is 0 Å². The average Bonchev–Trinajstić information content (AvgIpc) is 2.88. The third-order valence-corrected chi connectivity index (χ3v) is 4.34. The van der Waals surface area contributed by atoms with E-state index in [1.54, 1.807) is 18.4 Å². The number of morpholine rings is 1. The summed E-state index contributed by atoms with van der Waals surface area (Å²) < 4.78 is 5.72. The molecule has 0 amide bonds. The number of thiazole rings is 1. The smallest absolute Gasteiger partial charge is 0.191 e. The highest BCUT2D eigenvalue weighted by Crippen LogP contribution is 2.10. The number of hydrogen-bond donors (Lipinski definition) is 2. The Labute approximate surface area is 153 Å². The zero-order valence-electron chi connectivity index (χ0n) is 13.5. The highest BCUT2D eigenvalue weighted by atomic mass is 127. The van der Waals surface area contributed by atoms with Gasteiger partial charge in [0.25, 0.3) is 0 Å². The lowest BCUT2D eigenvalue weighted by Gasteiger charge is -2.30. The minimum absolute atomic E-state index is 0. The van der Waals surface area contributed by atoms with Crippen LogP contribution >= 0.6 is 35.3 Å². The molecule has 22 heavy (non-hydrogen) atoms. The summed E-state index contributed by atoms with van der Waals surface area (Å²) >= 11 is 1.75. The van der Waals surface area contributed by atoms with Crippen molar-refractivity contribution < 1.29 is 4.74 Å². The van der Waals surface area contributed by atoms with Crippen LogP contribution in [0.15, 0.2) is 11.2 Å². The predicted molar refractivity (Wildman–Crippen MR) is 103 cm³/mol. The fourth-order valence-electron chi connectivity index (χ4n) is 2.23. The third kappa shape index (κ3) is 6.76. The largest absolute Gasteiger partial charge is 0.374 e. The summed E-state index contributed by atoms with van der Waals surface area (Å²) in [5.74, 6) is 0.820. The Kier molecular flexibility index (Phi) is 9.22. The number of nitrogens with one attached hydrogen (secondary N) is 2. The zero-order valence-corrected chi connectivity index (χ0v) is 16.6. The van der Waals surface area contributed by atoms with E-state index in [1.165, 1.54) is 4.88 Å². The lowest BCUT2D eigenvalue weighted by molar-refractivity contribution is -0.0161. The van der Waals surface area contributed by atoms with Gasteiger partial charge in [0.15, 0.2) is 5.96 Å². The summed E-state index contributed by atoms with van der Waals surface area (Å²) in [6.07, 6.45) is 3.06. The highest BCUT2D eigenvalue weighted by molar-refractivity contribution is 14.0. The maximum Gasteiger partial charge on any atom is 0.191 e. The van der Waals surface area contributed by atoms with E-state index in [1.807, 2.05) is 6.20 Å². The minimum Gasteiger partial charge on any atom is -0.374 e. The van der Waals surface area contributed by atoms with Crippen LogP contribution in [0.25, 0.3) is 0 Å². The Morgan fingerprint density at radius 1 is 1.55 bits per heavy atom. The molecule has 2 rings (SSSR count). The first-order valence-electron chi connectivity index (χ1n) is 7.33. The van der Waals surface area contributed by atoms with Crippen LogP contribution in [-0.4, -0.2) is 68.8 Å².